The molecule has 4 nitrogen and oxygen atoms in total. The Labute approximate surface area is 146 Å². The lowest BCUT2D eigenvalue weighted by Gasteiger charge is -2.11. The minimum atomic E-state index is -4.56. The normalized spacial score (nSPS) is 11.6. The topological polar surface area (TPSA) is 50.7 Å². The second-order valence-electron chi connectivity index (χ2n) is 5.41. The van der Waals surface area contributed by atoms with Crippen LogP contribution in [0.25, 0.3) is 11.3 Å². The summed E-state index contributed by atoms with van der Waals surface area (Å²) in [6.45, 7) is 3.87. The molecule has 0 unspecified atom stereocenters. The molecular weight excluding hydrogens is 349 g/mol. The zero-order chi connectivity index (χ0) is 18.0. The molecule has 0 bridgehead atoms. The zero-order valence-electron chi connectivity index (χ0n) is 13.6. The molecular formula is C17H15F3N4S. The minimum Gasteiger partial charge on any atom is -0.300 e. The van der Waals surface area contributed by atoms with E-state index < -0.39 is 11.9 Å². The van der Waals surface area contributed by atoms with Gasteiger partial charge in [-0.05, 0) is 25.0 Å². The number of nitrogens with zero attached hydrogens (tertiary/aromatic N) is 3. The lowest BCUT2D eigenvalue weighted by Crippen LogP contribution is -2.11. The molecule has 3 aromatic rings. The van der Waals surface area contributed by atoms with Crippen molar-refractivity contribution < 1.29 is 13.2 Å². The average molecular weight is 364 g/mol. The van der Waals surface area contributed by atoms with Crippen LogP contribution in [-0.4, -0.2) is 15.0 Å². The van der Waals surface area contributed by atoms with Crippen LogP contribution in [0.1, 0.15) is 23.1 Å². The maximum absolute atomic E-state index is 13.2. The second kappa shape index (κ2) is 6.79. The maximum Gasteiger partial charge on any atom is 0.433 e. The summed E-state index contributed by atoms with van der Waals surface area (Å²) in [5.74, 6) is -0.126. The lowest BCUT2D eigenvalue weighted by molar-refractivity contribution is -0.141. The van der Waals surface area contributed by atoms with E-state index in [1.807, 2.05) is 26.0 Å². The number of aromatic nitrogens is 3. The summed E-state index contributed by atoms with van der Waals surface area (Å²) in [5, 5.41) is 3.20. The van der Waals surface area contributed by atoms with Crippen LogP contribution in [0.3, 0.4) is 0 Å². The Morgan fingerprint density at radius 2 is 1.84 bits per heavy atom. The first-order valence-electron chi connectivity index (χ1n) is 7.60. The van der Waals surface area contributed by atoms with E-state index in [1.165, 1.54) is 11.3 Å². The summed E-state index contributed by atoms with van der Waals surface area (Å²) in [6, 6.07) is 8.24. The summed E-state index contributed by atoms with van der Waals surface area (Å²) in [6.07, 6.45) is -2.07. The van der Waals surface area contributed by atoms with E-state index in [4.69, 9.17) is 0 Å². The van der Waals surface area contributed by atoms with E-state index in [9.17, 15) is 13.2 Å². The molecule has 0 saturated carbocycles. The summed E-state index contributed by atoms with van der Waals surface area (Å²) >= 11 is 1.32. The van der Waals surface area contributed by atoms with Crippen LogP contribution in [0.2, 0.25) is 0 Å². The van der Waals surface area contributed by atoms with Crippen molar-refractivity contribution in [2.75, 3.05) is 5.32 Å². The zero-order valence-corrected chi connectivity index (χ0v) is 14.4. The van der Waals surface area contributed by atoms with Crippen molar-refractivity contribution in [1.82, 2.24) is 15.0 Å². The number of anilines is 2. The number of thiazole rings is 1. The number of hydrogen-bond donors (Lipinski definition) is 1. The number of rotatable bonds is 4. The van der Waals surface area contributed by atoms with Crippen LogP contribution >= 0.6 is 11.3 Å². The van der Waals surface area contributed by atoms with Gasteiger partial charge in [-0.1, -0.05) is 31.2 Å². The van der Waals surface area contributed by atoms with Crippen LogP contribution in [-0.2, 0) is 12.6 Å². The molecule has 1 N–H and O–H groups in total. The minimum absolute atomic E-state index is 0.126. The highest BCUT2D eigenvalue weighted by Crippen LogP contribution is 2.32. The molecule has 0 atom stereocenters. The molecule has 0 aliphatic carbocycles. The van der Waals surface area contributed by atoms with Crippen molar-refractivity contribution in [1.29, 1.82) is 0 Å². The SMILES string of the molecule is CCc1ccc(-c2cc(C(F)(F)F)nc(Nc3ncc(C)s3)n2)cc1. The third-order valence-corrected chi connectivity index (χ3v) is 4.34. The molecule has 0 amide bonds. The molecule has 0 aliphatic rings. The largest absolute Gasteiger partial charge is 0.433 e. The van der Waals surface area contributed by atoms with Crippen LogP contribution < -0.4 is 5.32 Å². The Morgan fingerprint density at radius 3 is 2.40 bits per heavy atom. The molecule has 1 aromatic carbocycles. The molecule has 3 rings (SSSR count). The van der Waals surface area contributed by atoms with Crippen molar-refractivity contribution in [2.24, 2.45) is 0 Å². The fourth-order valence-corrected chi connectivity index (χ4v) is 2.87. The fraction of sp³-hybridized carbons (Fsp3) is 0.235. The smallest absolute Gasteiger partial charge is 0.300 e. The first-order chi connectivity index (χ1) is 11.8. The molecule has 0 aliphatic heterocycles. The summed E-state index contributed by atoms with van der Waals surface area (Å²) in [7, 11) is 0. The van der Waals surface area contributed by atoms with Gasteiger partial charge in [-0.3, -0.25) is 0 Å². The van der Waals surface area contributed by atoms with Crippen LogP contribution in [0.15, 0.2) is 36.5 Å². The van der Waals surface area contributed by atoms with E-state index >= 15 is 0 Å². The van der Waals surface area contributed by atoms with Gasteiger partial charge in [0.05, 0.1) is 5.69 Å². The number of benzene rings is 1. The fourth-order valence-electron chi connectivity index (χ4n) is 2.22. The molecule has 0 spiro atoms. The summed E-state index contributed by atoms with van der Waals surface area (Å²) < 4.78 is 39.6. The third kappa shape index (κ3) is 4.14. The van der Waals surface area contributed by atoms with Crippen molar-refractivity contribution in [3.8, 4) is 11.3 Å². The Hall–Kier alpha value is -2.48. The number of aryl methyl sites for hydroxylation is 2. The third-order valence-electron chi connectivity index (χ3n) is 3.51. The van der Waals surface area contributed by atoms with Gasteiger partial charge in [0, 0.05) is 16.6 Å². The number of halogens is 3. The molecule has 2 aromatic heterocycles. The Bertz CT molecular complexity index is 872. The standard InChI is InChI=1S/C17H15F3N4S/c1-3-11-4-6-12(7-5-11)13-8-14(17(18,19)20)23-15(22-13)24-16-21-9-10(2)25-16/h4-9H,3H2,1-2H3,(H,21,22,23,24). The highest BCUT2D eigenvalue weighted by molar-refractivity contribution is 7.15. The molecule has 8 heteroatoms. The van der Waals surface area contributed by atoms with Crippen molar-refractivity contribution in [2.45, 2.75) is 26.4 Å². The number of hydrogen-bond acceptors (Lipinski definition) is 5. The van der Waals surface area contributed by atoms with Gasteiger partial charge in [0.2, 0.25) is 5.95 Å². The molecule has 0 saturated heterocycles. The van der Waals surface area contributed by atoms with Crippen molar-refractivity contribution in [3.05, 3.63) is 52.7 Å². The van der Waals surface area contributed by atoms with Gasteiger partial charge < -0.3 is 5.32 Å². The maximum atomic E-state index is 13.2. The number of alkyl halides is 3. The van der Waals surface area contributed by atoms with Crippen LogP contribution in [0, 0.1) is 6.92 Å². The van der Waals surface area contributed by atoms with Gasteiger partial charge in [-0.25, -0.2) is 15.0 Å². The van der Waals surface area contributed by atoms with Gasteiger partial charge in [0.1, 0.15) is 0 Å². The summed E-state index contributed by atoms with van der Waals surface area (Å²) in [5.41, 5.74) is 0.919. The highest BCUT2D eigenvalue weighted by atomic mass is 32.1. The Kier molecular flexibility index (Phi) is 4.71. The lowest BCUT2D eigenvalue weighted by atomic mass is 10.1. The molecule has 0 radical (unpaired) electrons. The first-order valence-corrected chi connectivity index (χ1v) is 8.42. The van der Waals surface area contributed by atoms with Gasteiger partial charge >= 0.3 is 6.18 Å². The molecule has 25 heavy (non-hydrogen) atoms. The quantitative estimate of drug-likeness (QED) is 0.688. The monoisotopic (exact) mass is 364 g/mol. The molecule has 0 fully saturated rings. The predicted octanol–water partition coefficient (Wildman–Crippen LogP) is 5.23. The Morgan fingerprint density at radius 1 is 1.12 bits per heavy atom. The van der Waals surface area contributed by atoms with Crippen molar-refractivity contribution >= 4 is 22.4 Å². The van der Waals surface area contributed by atoms with Gasteiger partial charge in [0.25, 0.3) is 0 Å². The van der Waals surface area contributed by atoms with E-state index in [0.29, 0.717) is 10.7 Å². The van der Waals surface area contributed by atoms with Crippen LogP contribution in [0.4, 0.5) is 24.3 Å². The Balaban J connectivity index is 2.02. The summed E-state index contributed by atoms with van der Waals surface area (Å²) in [4.78, 5) is 12.8. The first kappa shape index (κ1) is 17.3. The van der Waals surface area contributed by atoms with E-state index in [0.717, 1.165) is 22.9 Å². The van der Waals surface area contributed by atoms with E-state index in [-0.39, 0.29) is 11.6 Å². The van der Waals surface area contributed by atoms with E-state index in [2.05, 4.69) is 20.3 Å². The average Bonchev–Trinajstić information content (AvgIpc) is 2.98. The predicted molar refractivity (Wildman–Crippen MR) is 92.0 cm³/mol. The number of nitrogens with one attached hydrogen (secondary N) is 1. The highest BCUT2D eigenvalue weighted by Gasteiger charge is 2.34. The molecule has 130 valence electrons. The van der Waals surface area contributed by atoms with Gasteiger partial charge in [-0.15, -0.1) is 11.3 Å². The van der Waals surface area contributed by atoms with Crippen molar-refractivity contribution in [3.63, 3.8) is 0 Å². The van der Waals surface area contributed by atoms with E-state index in [1.54, 1.807) is 18.3 Å². The van der Waals surface area contributed by atoms with Gasteiger partial charge in [0.15, 0.2) is 10.8 Å². The van der Waals surface area contributed by atoms with Gasteiger partial charge in [-0.2, -0.15) is 13.2 Å². The van der Waals surface area contributed by atoms with Crippen LogP contribution in [0.5, 0.6) is 0 Å². The second-order valence-corrected chi connectivity index (χ2v) is 6.65. The molecule has 2 heterocycles.